The summed E-state index contributed by atoms with van der Waals surface area (Å²) in [5.74, 6) is 2.40. The van der Waals surface area contributed by atoms with Crippen molar-refractivity contribution in [1.29, 1.82) is 0 Å². The van der Waals surface area contributed by atoms with Crippen molar-refractivity contribution < 1.29 is 13.9 Å². The van der Waals surface area contributed by atoms with Gasteiger partial charge in [0.2, 0.25) is 5.88 Å². The second kappa shape index (κ2) is 7.12. The Hall–Kier alpha value is -3.94. The van der Waals surface area contributed by atoms with Crippen LogP contribution in [0.5, 0.6) is 11.6 Å². The molecule has 0 bridgehead atoms. The zero-order chi connectivity index (χ0) is 18.6. The van der Waals surface area contributed by atoms with E-state index >= 15 is 0 Å². The van der Waals surface area contributed by atoms with Crippen molar-refractivity contribution >= 4 is 11.6 Å². The number of nitrogens with zero attached hydrogens (tertiary/aromatic N) is 4. The predicted octanol–water partition coefficient (Wildman–Crippen LogP) is 3.61. The number of amides is 1. The summed E-state index contributed by atoms with van der Waals surface area (Å²) in [7, 11) is 0. The van der Waals surface area contributed by atoms with Gasteiger partial charge < -0.3 is 14.5 Å². The lowest BCUT2D eigenvalue weighted by atomic mass is 10.3. The number of aryl methyl sites for hydroxylation is 1. The molecule has 0 fully saturated rings. The van der Waals surface area contributed by atoms with Crippen LogP contribution in [0.15, 0.2) is 71.9 Å². The molecule has 27 heavy (non-hydrogen) atoms. The summed E-state index contributed by atoms with van der Waals surface area (Å²) in [4.78, 5) is 24.5. The number of rotatable bonds is 5. The molecule has 0 radical (unpaired) electrons. The third kappa shape index (κ3) is 3.69. The predicted molar refractivity (Wildman–Crippen MR) is 97.1 cm³/mol. The van der Waals surface area contributed by atoms with E-state index in [0.717, 1.165) is 5.82 Å². The Kier molecular flexibility index (Phi) is 4.36. The first-order chi connectivity index (χ1) is 13.2. The summed E-state index contributed by atoms with van der Waals surface area (Å²) in [5, 5.41) is 2.75. The lowest BCUT2D eigenvalue weighted by molar-refractivity contribution is 0.0996. The van der Waals surface area contributed by atoms with Gasteiger partial charge in [0.1, 0.15) is 23.7 Å². The van der Waals surface area contributed by atoms with Crippen LogP contribution in [0.1, 0.15) is 16.4 Å². The number of ether oxygens (including phenoxy) is 1. The second-order valence-corrected chi connectivity index (χ2v) is 5.62. The van der Waals surface area contributed by atoms with E-state index in [0.29, 0.717) is 23.1 Å². The van der Waals surface area contributed by atoms with Crippen molar-refractivity contribution in [2.75, 3.05) is 5.32 Å². The maximum Gasteiger partial charge on any atom is 0.291 e. The van der Waals surface area contributed by atoms with E-state index in [4.69, 9.17) is 9.15 Å². The van der Waals surface area contributed by atoms with Gasteiger partial charge in [-0.05, 0) is 43.3 Å². The molecule has 8 heteroatoms. The number of hydrogen-bond acceptors (Lipinski definition) is 6. The van der Waals surface area contributed by atoms with Gasteiger partial charge in [0.05, 0.1) is 6.26 Å². The van der Waals surface area contributed by atoms with Crippen LogP contribution in [0.3, 0.4) is 0 Å². The summed E-state index contributed by atoms with van der Waals surface area (Å²) in [6.45, 7) is 1.89. The van der Waals surface area contributed by atoms with E-state index in [1.807, 2.05) is 17.7 Å². The van der Waals surface area contributed by atoms with E-state index in [1.54, 1.807) is 48.7 Å². The van der Waals surface area contributed by atoms with Gasteiger partial charge in [0, 0.05) is 24.1 Å². The molecule has 0 atom stereocenters. The van der Waals surface area contributed by atoms with Crippen molar-refractivity contribution in [3.63, 3.8) is 0 Å². The summed E-state index contributed by atoms with van der Waals surface area (Å²) in [6.07, 6.45) is 6.40. The molecule has 1 amide bonds. The number of carbonyl (C=O) groups excluding carboxylic acids is 1. The fourth-order valence-electron chi connectivity index (χ4n) is 2.47. The molecular formula is C19H15N5O3. The fraction of sp³-hybridized carbons (Fsp3) is 0.0526. The van der Waals surface area contributed by atoms with Gasteiger partial charge in [-0.25, -0.2) is 15.0 Å². The Balaban J connectivity index is 1.46. The third-order valence-electron chi connectivity index (χ3n) is 3.78. The first-order valence-corrected chi connectivity index (χ1v) is 8.14. The Morgan fingerprint density at radius 2 is 2.00 bits per heavy atom. The van der Waals surface area contributed by atoms with Crippen LogP contribution in [0.25, 0.3) is 5.82 Å². The largest absolute Gasteiger partial charge is 0.459 e. The Morgan fingerprint density at radius 3 is 2.70 bits per heavy atom. The maximum atomic E-state index is 12.0. The molecular weight excluding hydrogens is 346 g/mol. The number of aromatic nitrogens is 4. The second-order valence-electron chi connectivity index (χ2n) is 5.62. The molecule has 3 heterocycles. The number of furan rings is 1. The van der Waals surface area contributed by atoms with Crippen LogP contribution in [-0.4, -0.2) is 25.4 Å². The molecule has 1 aromatic carbocycles. The van der Waals surface area contributed by atoms with Crippen molar-refractivity contribution in [1.82, 2.24) is 19.5 Å². The summed E-state index contributed by atoms with van der Waals surface area (Å²) >= 11 is 0. The molecule has 3 aromatic heterocycles. The van der Waals surface area contributed by atoms with Gasteiger partial charge in [0.15, 0.2) is 5.76 Å². The highest BCUT2D eigenvalue weighted by molar-refractivity contribution is 6.02. The van der Waals surface area contributed by atoms with E-state index in [2.05, 4.69) is 20.3 Å². The Bertz CT molecular complexity index is 1060. The van der Waals surface area contributed by atoms with Gasteiger partial charge in [-0.3, -0.25) is 9.36 Å². The fourth-order valence-corrected chi connectivity index (χ4v) is 2.47. The highest BCUT2D eigenvalue weighted by Gasteiger charge is 2.09. The highest BCUT2D eigenvalue weighted by Crippen LogP contribution is 2.23. The minimum absolute atomic E-state index is 0.249. The molecule has 0 saturated carbocycles. The zero-order valence-electron chi connectivity index (χ0n) is 14.4. The van der Waals surface area contributed by atoms with Crippen molar-refractivity contribution in [3.05, 3.63) is 79.0 Å². The van der Waals surface area contributed by atoms with Gasteiger partial charge in [0.25, 0.3) is 5.91 Å². The van der Waals surface area contributed by atoms with E-state index in [9.17, 15) is 4.79 Å². The standard InChI is InChI=1S/C19H15N5O3/c1-13-20-8-9-24(13)17-11-18(22-12-21-17)27-15-6-4-14(5-7-15)23-19(25)16-3-2-10-26-16/h2-12H,1H3,(H,23,25). The van der Waals surface area contributed by atoms with Crippen molar-refractivity contribution in [2.24, 2.45) is 0 Å². The number of hydrogen-bond donors (Lipinski definition) is 1. The van der Waals surface area contributed by atoms with Crippen molar-refractivity contribution in [2.45, 2.75) is 6.92 Å². The van der Waals surface area contributed by atoms with Crippen LogP contribution in [-0.2, 0) is 0 Å². The molecule has 0 aliphatic rings. The molecule has 1 N–H and O–H groups in total. The summed E-state index contributed by atoms with van der Waals surface area (Å²) in [5.41, 5.74) is 0.626. The highest BCUT2D eigenvalue weighted by atomic mass is 16.5. The minimum atomic E-state index is -0.315. The Morgan fingerprint density at radius 1 is 1.15 bits per heavy atom. The molecule has 0 unspecified atom stereocenters. The smallest absolute Gasteiger partial charge is 0.291 e. The topological polar surface area (TPSA) is 95.1 Å². The van der Waals surface area contributed by atoms with Crippen LogP contribution in [0.2, 0.25) is 0 Å². The molecule has 4 rings (SSSR count). The Labute approximate surface area is 154 Å². The first-order valence-electron chi connectivity index (χ1n) is 8.14. The molecule has 0 saturated heterocycles. The normalized spacial score (nSPS) is 10.6. The third-order valence-corrected chi connectivity index (χ3v) is 3.78. The van der Waals surface area contributed by atoms with E-state index < -0.39 is 0 Å². The van der Waals surface area contributed by atoms with Crippen molar-refractivity contribution in [3.8, 4) is 17.4 Å². The van der Waals surface area contributed by atoms with Crippen LogP contribution >= 0.6 is 0 Å². The van der Waals surface area contributed by atoms with Gasteiger partial charge in [-0.1, -0.05) is 0 Å². The minimum Gasteiger partial charge on any atom is -0.459 e. The van der Waals surface area contributed by atoms with Crippen LogP contribution in [0, 0.1) is 6.92 Å². The van der Waals surface area contributed by atoms with Gasteiger partial charge >= 0.3 is 0 Å². The summed E-state index contributed by atoms with van der Waals surface area (Å²) in [6, 6.07) is 11.9. The van der Waals surface area contributed by atoms with Gasteiger partial charge in [-0.2, -0.15) is 0 Å². The number of carbonyl (C=O) groups is 1. The molecule has 0 aliphatic carbocycles. The number of benzene rings is 1. The summed E-state index contributed by atoms with van der Waals surface area (Å²) < 4.78 is 12.7. The van der Waals surface area contributed by atoms with Crippen LogP contribution in [0.4, 0.5) is 5.69 Å². The average Bonchev–Trinajstić information content (AvgIpc) is 3.35. The monoisotopic (exact) mass is 361 g/mol. The van der Waals surface area contributed by atoms with Gasteiger partial charge in [-0.15, -0.1) is 0 Å². The molecule has 8 nitrogen and oxygen atoms in total. The zero-order valence-corrected chi connectivity index (χ0v) is 14.4. The number of anilines is 1. The number of nitrogens with one attached hydrogen (secondary N) is 1. The molecule has 4 aromatic rings. The first kappa shape index (κ1) is 16.5. The average molecular weight is 361 g/mol. The number of imidazole rings is 1. The quantitative estimate of drug-likeness (QED) is 0.583. The lowest BCUT2D eigenvalue weighted by Crippen LogP contribution is -2.10. The molecule has 134 valence electrons. The molecule has 0 aliphatic heterocycles. The lowest BCUT2D eigenvalue weighted by Gasteiger charge is -2.08. The SMILES string of the molecule is Cc1nccn1-c1cc(Oc2ccc(NC(=O)c3ccco3)cc2)ncn1. The van der Waals surface area contributed by atoms with E-state index in [1.165, 1.54) is 12.6 Å². The molecule has 0 spiro atoms. The van der Waals surface area contributed by atoms with Crippen LogP contribution < -0.4 is 10.1 Å². The maximum absolute atomic E-state index is 12.0. The van der Waals surface area contributed by atoms with E-state index in [-0.39, 0.29) is 11.7 Å².